The van der Waals surface area contributed by atoms with Crippen molar-refractivity contribution in [2.75, 3.05) is 26.7 Å². The summed E-state index contributed by atoms with van der Waals surface area (Å²) in [4.78, 5) is 32.1. The maximum absolute atomic E-state index is 12.2. The summed E-state index contributed by atoms with van der Waals surface area (Å²) in [6, 6.07) is 3.80. The van der Waals surface area contributed by atoms with E-state index >= 15 is 0 Å². The Balaban J connectivity index is 1.77. The number of carbonyl (C=O) groups is 2. The summed E-state index contributed by atoms with van der Waals surface area (Å²) >= 11 is 0. The van der Waals surface area contributed by atoms with E-state index in [1.807, 2.05) is 29.0 Å². The summed E-state index contributed by atoms with van der Waals surface area (Å²) in [5.41, 5.74) is 1.19. The smallest absolute Gasteiger partial charge is 0.234 e. The molecule has 0 bridgehead atoms. The van der Waals surface area contributed by atoms with E-state index in [9.17, 15) is 9.59 Å². The van der Waals surface area contributed by atoms with Crippen LogP contribution in [-0.4, -0.2) is 59.3 Å². The highest BCUT2D eigenvalue weighted by Gasteiger charge is 2.32. The highest BCUT2D eigenvalue weighted by Crippen LogP contribution is 2.20. The Bertz CT molecular complexity index is 568. The Kier molecular flexibility index (Phi) is 5.94. The van der Waals surface area contributed by atoms with Crippen LogP contribution in [0.15, 0.2) is 24.5 Å². The lowest BCUT2D eigenvalue weighted by Gasteiger charge is -2.26. The fraction of sp³-hybridized carbons (Fsp3) is 0.611. The van der Waals surface area contributed by atoms with E-state index < -0.39 is 0 Å². The third-order valence-electron chi connectivity index (χ3n) is 3.86. The molecule has 6 heteroatoms. The van der Waals surface area contributed by atoms with Crippen molar-refractivity contribution < 1.29 is 9.59 Å². The van der Waals surface area contributed by atoms with Crippen LogP contribution in [0.1, 0.15) is 32.8 Å². The number of hydrogen-bond acceptors (Lipinski definition) is 4. The molecule has 1 aliphatic rings. The van der Waals surface area contributed by atoms with Crippen LogP contribution in [0, 0.1) is 5.41 Å². The first kappa shape index (κ1) is 18.4. The SMILES string of the molecule is CN(CC(=O)N[C@H]1CC(=O)N(CC(C)(C)C)C1)Cc1ccncc1. The highest BCUT2D eigenvalue weighted by atomic mass is 16.2. The maximum Gasteiger partial charge on any atom is 0.234 e. The average molecular weight is 332 g/mol. The summed E-state index contributed by atoms with van der Waals surface area (Å²) in [5, 5.41) is 2.99. The Morgan fingerprint density at radius 3 is 2.67 bits per heavy atom. The predicted molar refractivity (Wildman–Crippen MR) is 93.2 cm³/mol. The third-order valence-corrected chi connectivity index (χ3v) is 3.86. The molecule has 0 aliphatic carbocycles. The lowest BCUT2D eigenvalue weighted by atomic mass is 9.96. The van der Waals surface area contributed by atoms with E-state index in [0.29, 0.717) is 26.1 Å². The number of rotatable bonds is 6. The number of nitrogens with zero attached hydrogens (tertiary/aromatic N) is 3. The number of hydrogen-bond donors (Lipinski definition) is 1. The molecule has 0 aromatic carbocycles. The summed E-state index contributed by atoms with van der Waals surface area (Å²) in [6.45, 7) is 8.67. The zero-order chi connectivity index (χ0) is 17.7. The van der Waals surface area contributed by atoms with Gasteiger partial charge in [0.05, 0.1) is 12.6 Å². The molecule has 132 valence electrons. The van der Waals surface area contributed by atoms with Crippen LogP contribution in [-0.2, 0) is 16.1 Å². The van der Waals surface area contributed by atoms with E-state index in [0.717, 1.165) is 12.1 Å². The Morgan fingerprint density at radius 1 is 1.38 bits per heavy atom. The molecule has 1 fully saturated rings. The van der Waals surface area contributed by atoms with Crippen LogP contribution in [0.3, 0.4) is 0 Å². The monoisotopic (exact) mass is 332 g/mol. The van der Waals surface area contributed by atoms with Crippen molar-refractivity contribution in [1.82, 2.24) is 20.1 Å². The molecule has 2 amide bonds. The number of pyridine rings is 1. The maximum atomic E-state index is 12.2. The van der Waals surface area contributed by atoms with Crippen LogP contribution in [0.4, 0.5) is 0 Å². The lowest BCUT2D eigenvalue weighted by molar-refractivity contribution is -0.128. The summed E-state index contributed by atoms with van der Waals surface area (Å²) in [6.07, 6.45) is 3.89. The zero-order valence-corrected chi connectivity index (χ0v) is 15.1. The van der Waals surface area contributed by atoms with Crippen molar-refractivity contribution in [2.24, 2.45) is 5.41 Å². The molecule has 6 nitrogen and oxygen atoms in total. The van der Waals surface area contributed by atoms with Gasteiger partial charge in [0.15, 0.2) is 0 Å². The van der Waals surface area contributed by atoms with Crippen molar-refractivity contribution >= 4 is 11.8 Å². The molecule has 24 heavy (non-hydrogen) atoms. The summed E-state index contributed by atoms with van der Waals surface area (Å²) < 4.78 is 0. The molecule has 2 rings (SSSR count). The van der Waals surface area contributed by atoms with Gasteiger partial charge >= 0.3 is 0 Å². The normalized spacial score (nSPS) is 18.3. The molecule has 0 radical (unpaired) electrons. The van der Waals surface area contributed by atoms with Gasteiger partial charge in [0.25, 0.3) is 0 Å². The molecule has 0 spiro atoms. The van der Waals surface area contributed by atoms with Crippen LogP contribution in [0.25, 0.3) is 0 Å². The molecule has 0 saturated carbocycles. The predicted octanol–water partition coefficient (Wildman–Crippen LogP) is 1.28. The van der Waals surface area contributed by atoms with Crippen molar-refractivity contribution in [3.8, 4) is 0 Å². The van der Waals surface area contributed by atoms with Gasteiger partial charge in [-0.15, -0.1) is 0 Å². The summed E-state index contributed by atoms with van der Waals surface area (Å²) in [5.74, 6) is 0.0855. The van der Waals surface area contributed by atoms with Crippen LogP contribution in [0.2, 0.25) is 0 Å². The van der Waals surface area contributed by atoms with E-state index in [2.05, 4.69) is 31.1 Å². The van der Waals surface area contributed by atoms with Gasteiger partial charge in [0.2, 0.25) is 11.8 Å². The van der Waals surface area contributed by atoms with Crippen molar-refractivity contribution in [1.29, 1.82) is 0 Å². The van der Waals surface area contributed by atoms with Gasteiger partial charge in [-0.05, 0) is 30.2 Å². The number of likely N-dealkylation sites (N-methyl/N-ethyl adjacent to an activating group) is 1. The highest BCUT2D eigenvalue weighted by molar-refractivity contribution is 5.83. The van der Waals surface area contributed by atoms with Gasteiger partial charge in [0, 0.05) is 38.4 Å². The minimum Gasteiger partial charge on any atom is -0.350 e. The first-order chi connectivity index (χ1) is 11.2. The fourth-order valence-corrected chi connectivity index (χ4v) is 2.97. The van der Waals surface area contributed by atoms with Crippen molar-refractivity contribution in [3.05, 3.63) is 30.1 Å². The lowest BCUT2D eigenvalue weighted by Crippen LogP contribution is -2.42. The van der Waals surface area contributed by atoms with Crippen molar-refractivity contribution in [3.63, 3.8) is 0 Å². The molecular weight excluding hydrogens is 304 g/mol. The fourth-order valence-electron chi connectivity index (χ4n) is 2.97. The second-order valence-electron chi connectivity index (χ2n) is 7.83. The first-order valence-corrected chi connectivity index (χ1v) is 8.37. The standard InChI is InChI=1S/C18H28N4O2/c1-18(2,3)13-22-11-15(9-17(22)24)20-16(23)12-21(4)10-14-5-7-19-8-6-14/h5-8,15H,9-13H2,1-4H3,(H,20,23)/t15-/m0/s1. The van der Waals surface area contributed by atoms with Crippen LogP contribution < -0.4 is 5.32 Å². The second-order valence-corrected chi connectivity index (χ2v) is 7.83. The third kappa shape index (κ3) is 5.92. The van der Waals surface area contributed by atoms with E-state index in [4.69, 9.17) is 0 Å². The Labute approximate surface area is 144 Å². The Morgan fingerprint density at radius 2 is 2.04 bits per heavy atom. The second kappa shape index (κ2) is 7.75. The van der Waals surface area contributed by atoms with Crippen LogP contribution >= 0.6 is 0 Å². The first-order valence-electron chi connectivity index (χ1n) is 8.37. The van der Waals surface area contributed by atoms with Gasteiger partial charge in [-0.2, -0.15) is 0 Å². The van der Waals surface area contributed by atoms with Gasteiger partial charge in [-0.1, -0.05) is 20.8 Å². The topological polar surface area (TPSA) is 65.5 Å². The largest absolute Gasteiger partial charge is 0.350 e. The number of likely N-dealkylation sites (tertiary alicyclic amines) is 1. The minimum absolute atomic E-state index is 0.0398. The van der Waals surface area contributed by atoms with E-state index in [1.165, 1.54) is 0 Å². The zero-order valence-electron chi connectivity index (χ0n) is 15.1. The van der Waals surface area contributed by atoms with Gasteiger partial charge < -0.3 is 10.2 Å². The molecule has 2 heterocycles. The van der Waals surface area contributed by atoms with Crippen molar-refractivity contribution in [2.45, 2.75) is 39.8 Å². The van der Waals surface area contributed by atoms with Gasteiger partial charge in [0.1, 0.15) is 0 Å². The molecule has 1 aromatic heterocycles. The molecule has 1 N–H and O–H groups in total. The molecular formula is C18H28N4O2. The molecule has 0 unspecified atom stereocenters. The number of amides is 2. The number of carbonyl (C=O) groups excluding carboxylic acids is 2. The van der Waals surface area contributed by atoms with Crippen LogP contribution in [0.5, 0.6) is 0 Å². The van der Waals surface area contributed by atoms with E-state index in [-0.39, 0.29) is 23.3 Å². The molecule has 1 atom stereocenters. The Hall–Kier alpha value is -1.95. The minimum atomic E-state index is -0.0818. The quantitative estimate of drug-likeness (QED) is 0.852. The molecule has 1 saturated heterocycles. The molecule has 1 aromatic rings. The van der Waals surface area contributed by atoms with Gasteiger partial charge in [-0.3, -0.25) is 19.5 Å². The number of nitrogens with one attached hydrogen (secondary N) is 1. The number of aromatic nitrogens is 1. The van der Waals surface area contributed by atoms with E-state index in [1.54, 1.807) is 12.4 Å². The molecule has 1 aliphatic heterocycles. The van der Waals surface area contributed by atoms with Gasteiger partial charge in [-0.25, -0.2) is 0 Å². The average Bonchev–Trinajstić information content (AvgIpc) is 2.77. The summed E-state index contributed by atoms with van der Waals surface area (Å²) in [7, 11) is 1.91.